The summed E-state index contributed by atoms with van der Waals surface area (Å²) < 4.78 is 23.5. The van der Waals surface area contributed by atoms with Gasteiger partial charge in [0.05, 0.1) is 5.75 Å². The summed E-state index contributed by atoms with van der Waals surface area (Å²) in [7, 11) is -3.45. The Balaban J connectivity index is 1.58. The normalized spacial score (nSPS) is 21.9. The number of aliphatic carboxylic acids is 1. The van der Waals surface area contributed by atoms with Crippen LogP contribution in [0.4, 0.5) is 0 Å². The summed E-state index contributed by atoms with van der Waals surface area (Å²) in [4.78, 5) is 24.9. The third-order valence-corrected chi connectivity index (χ3v) is 7.73. The minimum atomic E-state index is -3.45. The van der Waals surface area contributed by atoms with E-state index in [9.17, 15) is 23.1 Å². The average molecular weight is 464 g/mol. The second-order valence-electron chi connectivity index (χ2n) is 6.59. The van der Waals surface area contributed by atoms with Gasteiger partial charge < -0.3 is 10.8 Å². The van der Waals surface area contributed by atoms with Crippen molar-refractivity contribution < 1.29 is 23.1 Å². The van der Waals surface area contributed by atoms with Crippen molar-refractivity contribution in [2.75, 3.05) is 17.3 Å². The second kappa shape index (κ2) is 8.99. The van der Waals surface area contributed by atoms with Crippen LogP contribution in [0.3, 0.4) is 0 Å². The molecule has 1 aromatic rings. The highest BCUT2D eigenvalue weighted by molar-refractivity contribution is 8.01. The molecule has 1 aromatic heterocycles. The summed E-state index contributed by atoms with van der Waals surface area (Å²) in [5.74, 6) is -0.807. The molecule has 15 heteroatoms. The van der Waals surface area contributed by atoms with Crippen LogP contribution in [0.25, 0.3) is 0 Å². The number of carbonyl (C=O) groups is 2. The first-order valence-corrected chi connectivity index (χ1v) is 12.5. The van der Waals surface area contributed by atoms with Gasteiger partial charge in [0.1, 0.15) is 17.1 Å². The minimum absolute atomic E-state index is 0.00466. The van der Waals surface area contributed by atoms with Gasteiger partial charge in [-0.3, -0.25) is 9.69 Å². The Hall–Kier alpha value is -1.68. The summed E-state index contributed by atoms with van der Waals surface area (Å²) in [6.45, 7) is 0.501. The van der Waals surface area contributed by atoms with Crippen molar-refractivity contribution in [2.24, 2.45) is 10.9 Å². The number of aromatic nitrogens is 4. The third-order valence-electron chi connectivity index (χ3n) is 4.46. The quantitative estimate of drug-likeness (QED) is 0.215. The van der Waals surface area contributed by atoms with Crippen LogP contribution in [-0.2, 0) is 26.2 Å². The van der Waals surface area contributed by atoms with Gasteiger partial charge in [-0.25, -0.2) is 23.0 Å². The van der Waals surface area contributed by atoms with Crippen LogP contribution in [-0.4, -0.2) is 79.2 Å². The third kappa shape index (κ3) is 5.09. The number of nitrogens with zero attached hydrogens (tertiary/aromatic N) is 5. The lowest BCUT2D eigenvalue weighted by atomic mass is 10.0. The van der Waals surface area contributed by atoms with Gasteiger partial charge in [0.2, 0.25) is 21.1 Å². The molecule has 5 N–H and O–H groups in total. The SMILES string of the molecule is NC1C(=O)N2C(C(=O)O)=C(CSc3nnnn3CCCCCS(N)(=O)=O)CSC12. The van der Waals surface area contributed by atoms with E-state index in [1.165, 1.54) is 28.4 Å². The Kier molecular flexibility index (Phi) is 6.83. The van der Waals surface area contributed by atoms with Crippen molar-refractivity contribution in [1.29, 1.82) is 0 Å². The molecule has 3 rings (SSSR count). The van der Waals surface area contributed by atoms with Crippen molar-refractivity contribution in [3.05, 3.63) is 11.3 Å². The summed E-state index contributed by atoms with van der Waals surface area (Å²) in [6.07, 6.45) is 1.79. The number of fused-ring (bicyclic) bond motifs is 1. The molecular formula is C14H21N7O5S3. The number of carboxylic acids is 1. The highest BCUT2D eigenvalue weighted by atomic mass is 32.2. The van der Waals surface area contributed by atoms with Gasteiger partial charge in [0, 0.05) is 18.1 Å². The van der Waals surface area contributed by atoms with E-state index in [0.717, 1.165) is 0 Å². The summed E-state index contributed by atoms with van der Waals surface area (Å²) in [5, 5.41) is 26.2. The number of rotatable bonds is 10. The standard InChI is InChI=1S/C14H21N7O5S3/c15-9-11(22)21-10(13(23)24)8(6-27-12(9)21)7-28-14-17-18-19-20(14)4-2-1-3-5-29(16,25)26/h9,12H,1-7,15H2,(H,23,24)(H2,16,25,26). The molecule has 0 bridgehead atoms. The molecule has 160 valence electrons. The van der Waals surface area contributed by atoms with Crippen molar-refractivity contribution >= 4 is 45.4 Å². The Morgan fingerprint density at radius 3 is 2.79 bits per heavy atom. The van der Waals surface area contributed by atoms with Gasteiger partial charge >= 0.3 is 5.97 Å². The van der Waals surface area contributed by atoms with Crippen molar-refractivity contribution in [2.45, 2.75) is 42.4 Å². The number of hydrogen-bond donors (Lipinski definition) is 3. The molecule has 12 nitrogen and oxygen atoms in total. The van der Waals surface area contributed by atoms with Gasteiger partial charge in [-0.1, -0.05) is 18.2 Å². The van der Waals surface area contributed by atoms with Crippen LogP contribution in [0.2, 0.25) is 0 Å². The maximum atomic E-state index is 12.0. The zero-order valence-electron chi connectivity index (χ0n) is 15.3. The first-order valence-electron chi connectivity index (χ1n) is 8.74. The maximum Gasteiger partial charge on any atom is 0.352 e. The lowest BCUT2D eigenvalue weighted by Gasteiger charge is -2.48. The van der Waals surface area contributed by atoms with Crippen LogP contribution in [0, 0.1) is 0 Å². The highest BCUT2D eigenvalue weighted by Gasteiger charge is 2.51. The Morgan fingerprint density at radius 1 is 1.34 bits per heavy atom. The van der Waals surface area contributed by atoms with E-state index in [1.54, 1.807) is 4.68 Å². The predicted octanol–water partition coefficient (Wildman–Crippen LogP) is -1.19. The number of β-lactam (4-membered cyclic amide) rings is 1. The Morgan fingerprint density at radius 2 is 2.10 bits per heavy atom. The van der Waals surface area contributed by atoms with Crippen molar-refractivity contribution in [3.63, 3.8) is 0 Å². The number of sulfonamides is 1. The number of carboxylic acid groups (broad SMARTS) is 1. The maximum absolute atomic E-state index is 12.0. The number of tetrazole rings is 1. The molecule has 1 fully saturated rings. The molecule has 1 saturated heterocycles. The average Bonchev–Trinajstić information content (AvgIpc) is 3.10. The van der Waals surface area contributed by atoms with Crippen LogP contribution in [0.1, 0.15) is 19.3 Å². The number of carbonyl (C=O) groups excluding carboxylic acids is 1. The molecule has 2 aliphatic heterocycles. The molecule has 0 radical (unpaired) electrons. The van der Waals surface area contributed by atoms with E-state index < -0.39 is 22.0 Å². The molecule has 3 heterocycles. The van der Waals surface area contributed by atoms with E-state index >= 15 is 0 Å². The molecule has 0 saturated carbocycles. The summed E-state index contributed by atoms with van der Waals surface area (Å²) >= 11 is 2.73. The highest BCUT2D eigenvalue weighted by Crippen LogP contribution is 2.40. The number of amides is 1. The molecule has 0 aliphatic carbocycles. The van der Waals surface area contributed by atoms with E-state index in [1.807, 2.05) is 0 Å². The topological polar surface area (TPSA) is 187 Å². The van der Waals surface area contributed by atoms with Crippen LogP contribution < -0.4 is 10.9 Å². The first kappa shape index (κ1) is 22.0. The van der Waals surface area contributed by atoms with E-state index in [0.29, 0.717) is 48.0 Å². The van der Waals surface area contributed by atoms with Gasteiger partial charge in [-0.15, -0.1) is 16.9 Å². The predicted molar refractivity (Wildman–Crippen MR) is 106 cm³/mol. The number of nitrogens with two attached hydrogens (primary N) is 2. The van der Waals surface area contributed by atoms with Gasteiger partial charge in [0.25, 0.3) is 0 Å². The molecule has 29 heavy (non-hydrogen) atoms. The summed E-state index contributed by atoms with van der Waals surface area (Å²) in [6, 6.07) is -0.662. The van der Waals surface area contributed by atoms with Crippen molar-refractivity contribution in [1.82, 2.24) is 25.1 Å². The van der Waals surface area contributed by atoms with Gasteiger partial charge in [0.15, 0.2) is 0 Å². The number of hydrogen-bond acceptors (Lipinski definition) is 10. The number of aryl methyl sites for hydroxylation is 1. The number of primary sulfonamides is 1. The Labute approximate surface area is 175 Å². The lowest BCUT2D eigenvalue weighted by molar-refractivity contribution is -0.147. The molecule has 2 atom stereocenters. The van der Waals surface area contributed by atoms with E-state index in [4.69, 9.17) is 10.9 Å². The lowest BCUT2D eigenvalue weighted by Crippen LogP contribution is -2.68. The smallest absolute Gasteiger partial charge is 0.352 e. The van der Waals surface area contributed by atoms with Crippen LogP contribution in [0.5, 0.6) is 0 Å². The molecule has 2 unspecified atom stereocenters. The van der Waals surface area contributed by atoms with E-state index in [-0.39, 0.29) is 22.7 Å². The van der Waals surface area contributed by atoms with Crippen LogP contribution >= 0.6 is 23.5 Å². The van der Waals surface area contributed by atoms with Gasteiger partial charge in [-0.2, -0.15) is 0 Å². The molecule has 1 amide bonds. The fourth-order valence-electron chi connectivity index (χ4n) is 3.02. The second-order valence-corrected chi connectivity index (χ2v) is 10.4. The molecule has 0 aromatic carbocycles. The largest absolute Gasteiger partial charge is 0.477 e. The fraction of sp³-hybridized carbons (Fsp3) is 0.643. The van der Waals surface area contributed by atoms with Crippen LogP contribution in [0.15, 0.2) is 16.4 Å². The van der Waals surface area contributed by atoms with E-state index in [2.05, 4.69) is 15.5 Å². The fourth-order valence-corrected chi connectivity index (χ4v) is 5.97. The minimum Gasteiger partial charge on any atom is -0.477 e. The molecule has 2 aliphatic rings. The number of thioether (sulfide) groups is 2. The van der Waals surface area contributed by atoms with Gasteiger partial charge in [-0.05, 0) is 28.8 Å². The Bertz CT molecular complexity index is 932. The first-order chi connectivity index (χ1) is 13.7. The summed E-state index contributed by atoms with van der Waals surface area (Å²) in [5.41, 5.74) is 6.36. The molecular weight excluding hydrogens is 442 g/mol. The van der Waals surface area contributed by atoms with Crippen molar-refractivity contribution in [3.8, 4) is 0 Å². The number of unbranched alkanes of at least 4 members (excludes halogenated alkanes) is 2. The zero-order chi connectivity index (χ0) is 21.2. The zero-order valence-corrected chi connectivity index (χ0v) is 17.7. The monoisotopic (exact) mass is 463 g/mol. The molecule has 0 spiro atoms.